The van der Waals surface area contributed by atoms with Gasteiger partial charge in [-0.3, -0.25) is 4.98 Å². The molecule has 7 nitrogen and oxygen atoms in total. The van der Waals surface area contributed by atoms with Crippen LogP contribution in [-0.2, 0) is 21.7 Å². The predicted octanol–water partition coefficient (Wildman–Crippen LogP) is 2.73. The smallest absolute Gasteiger partial charge is 0.341 e. The first-order valence-electron chi connectivity index (χ1n) is 8.24. The summed E-state index contributed by atoms with van der Waals surface area (Å²) in [5.41, 5.74) is 3.42. The van der Waals surface area contributed by atoms with E-state index in [0.717, 1.165) is 11.3 Å². The zero-order chi connectivity index (χ0) is 19.6. The van der Waals surface area contributed by atoms with E-state index in [1.165, 1.54) is 14.2 Å². The third-order valence-corrected chi connectivity index (χ3v) is 5.36. The minimum Gasteiger partial charge on any atom is -0.609 e. The summed E-state index contributed by atoms with van der Waals surface area (Å²) in [7, 11) is 6.67. The van der Waals surface area contributed by atoms with Gasteiger partial charge in [0.25, 0.3) is 0 Å². The lowest BCUT2D eigenvalue weighted by atomic mass is 10.2. The number of nitrogens with zero attached hydrogens (tertiary/aromatic N) is 2. The summed E-state index contributed by atoms with van der Waals surface area (Å²) >= 11 is -1.37. The van der Waals surface area contributed by atoms with E-state index in [0.29, 0.717) is 27.7 Å². The summed E-state index contributed by atoms with van der Waals surface area (Å²) in [6.07, 6.45) is 0. The van der Waals surface area contributed by atoms with Crippen LogP contribution in [0.1, 0.15) is 15.9 Å². The highest BCUT2D eigenvalue weighted by atomic mass is 32.2. The Kier molecular flexibility index (Phi) is 5.57. The van der Waals surface area contributed by atoms with Crippen LogP contribution in [0.5, 0.6) is 5.75 Å². The number of carbonyl (C=O) groups excluding carboxylic acids is 1. The summed E-state index contributed by atoms with van der Waals surface area (Å²) in [5.74, 6) is 0.183. The monoisotopic (exact) mass is 387 g/mol. The van der Waals surface area contributed by atoms with Gasteiger partial charge >= 0.3 is 11.1 Å². The van der Waals surface area contributed by atoms with Crippen LogP contribution in [-0.4, -0.2) is 48.8 Å². The number of benzene rings is 2. The van der Waals surface area contributed by atoms with E-state index in [2.05, 4.69) is 9.97 Å². The Labute approximate surface area is 160 Å². The molecule has 0 fully saturated rings. The van der Waals surface area contributed by atoms with Gasteiger partial charge in [0.05, 0.1) is 25.3 Å². The van der Waals surface area contributed by atoms with Crippen molar-refractivity contribution < 1.29 is 18.8 Å². The van der Waals surface area contributed by atoms with Gasteiger partial charge in [0.2, 0.25) is 0 Å². The van der Waals surface area contributed by atoms with Crippen molar-refractivity contribution in [2.24, 2.45) is 0 Å². The lowest BCUT2D eigenvalue weighted by Gasteiger charge is -2.17. The van der Waals surface area contributed by atoms with Crippen LogP contribution in [0, 0.1) is 0 Å². The number of hydrogen-bond acceptors (Lipinski definition) is 6. The van der Waals surface area contributed by atoms with E-state index >= 15 is 0 Å². The maximum atomic E-state index is 12.9. The van der Waals surface area contributed by atoms with Crippen molar-refractivity contribution in [3.8, 4) is 5.75 Å². The number of rotatable bonds is 6. The number of hydrogen-bond donors (Lipinski definition) is 1. The number of nitrogens with one attached hydrogen (secondary N) is 1. The van der Waals surface area contributed by atoms with E-state index in [1.807, 2.05) is 43.3 Å². The molecule has 2 aromatic carbocycles. The molecular formula is C19H21N3O4S. The van der Waals surface area contributed by atoms with Crippen molar-refractivity contribution in [3.05, 3.63) is 47.5 Å². The van der Waals surface area contributed by atoms with E-state index in [-0.39, 0.29) is 5.56 Å². The Hall–Kier alpha value is -2.71. The number of para-hydroxylation sites is 1. The van der Waals surface area contributed by atoms with Crippen LogP contribution in [0.15, 0.2) is 41.6 Å². The number of aromatic nitrogens is 2. The highest BCUT2D eigenvalue weighted by Crippen LogP contribution is 2.28. The molecule has 3 rings (SSSR count). The van der Waals surface area contributed by atoms with Crippen molar-refractivity contribution in [3.63, 3.8) is 0 Å². The van der Waals surface area contributed by atoms with Crippen molar-refractivity contribution >= 4 is 33.9 Å². The van der Waals surface area contributed by atoms with E-state index in [4.69, 9.17) is 9.47 Å². The lowest BCUT2D eigenvalue weighted by molar-refractivity contribution is 0.0597. The minimum atomic E-state index is -1.37. The van der Waals surface area contributed by atoms with Crippen LogP contribution in [0.25, 0.3) is 11.0 Å². The number of fused-ring (bicyclic) bond motifs is 1. The van der Waals surface area contributed by atoms with E-state index in [1.54, 1.807) is 12.1 Å². The lowest BCUT2D eigenvalue weighted by Crippen LogP contribution is -2.14. The van der Waals surface area contributed by atoms with Gasteiger partial charge in [0.1, 0.15) is 17.1 Å². The maximum absolute atomic E-state index is 12.9. The summed E-state index contributed by atoms with van der Waals surface area (Å²) in [6.45, 7) is 0. The minimum absolute atomic E-state index is 0.272. The molecule has 8 heteroatoms. The fourth-order valence-electron chi connectivity index (χ4n) is 2.84. The first kappa shape index (κ1) is 19.1. The van der Waals surface area contributed by atoms with Gasteiger partial charge in [-0.05, 0) is 12.1 Å². The van der Waals surface area contributed by atoms with Crippen molar-refractivity contribution in [2.75, 3.05) is 33.2 Å². The molecule has 0 aliphatic rings. The zero-order valence-electron chi connectivity index (χ0n) is 15.6. The largest absolute Gasteiger partial charge is 0.609 e. The Morgan fingerprint density at radius 2 is 2.00 bits per heavy atom. The summed E-state index contributed by atoms with van der Waals surface area (Å²) in [5, 5.41) is 0.350. The number of esters is 1. The van der Waals surface area contributed by atoms with Crippen LogP contribution in [0.4, 0.5) is 5.69 Å². The van der Waals surface area contributed by atoms with E-state index in [9.17, 15) is 9.35 Å². The van der Waals surface area contributed by atoms with Crippen LogP contribution < -0.4 is 9.64 Å². The molecule has 0 saturated carbocycles. The molecule has 0 aliphatic heterocycles. The van der Waals surface area contributed by atoms with Crippen LogP contribution in [0.2, 0.25) is 0 Å². The topological polar surface area (TPSA) is 90.5 Å². The molecule has 0 radical (unpaired) electrons. The molecule has 0 amide bonds. The average Bonchev–Trinajstić information content (AvgIpc) is 3.09. The fraction of sp³-hybridized carbons (Fsp3) is 0.263. The van der Waals surface area contributed by atoms with Gasteiger partial charge in [-0.2, -0.15) is 4.98 Å². The SMILES string of the molecule is COC(=O)c1cc2nc([S+]([O-])Cc3ccccc3N(C)C)[nH]c2cc1OC. The molecular weight excluding hydrogens is 366 g/mol. The number of anilines is 1. The molecule has 3 aromatic rings. The van der Waals surface area contributed by atoms with E-state index < -0.39 is 17.1 Å². The predicted molar refractivity (Wildman–Crippen MR) is 105 cm³/mol. The van der Waals surface area contributed by atoms with Gasteiger partial charge in [0.15, 0.2) is 0 Å². The molecule has 0 bridgehead atoms. The Morgan fingerprint density at radius 3 is 2.67 bits per heavy atom. The number of imidazole rings is 1. The van der Waals surface area contributed by atoms with Crippen molar-refractivity contribution in [2.45, 2.75) is 10.9 Å². The van der Waals surface area contributed by atoms with Crippen molar-refractivity contribution in [1.82, 2.24) is 9.97 Å². The molecule has 1 heterocycles. The Bertz CT molecular complexity index is 971. The van der Waals surface area contributed by atoms with Gasteiger partial charge in [-0.15, -0.1) is 0 Å². The number of ether oxygens (including phenoxy) is 2. The third kappa shape index (κ3) is 3.86. The number of carbonyl (C=O) groups is 1. The number of aromatic amines is 1. The highest BCUT2D eigenvalue weighted by molar-refractivity contribution is 7.90. The molecule has 0 saturated heterocycles. The molecule has 1 atom stereocenters. The standard InChI is InChI=1S/C19H21N3O4S/c1-22(2)16-8-6-5-7-12(16)11-27(24)19-20-14-9-13(18(23)26-4)17(25-3)10-15(14)21-19/h5-10H,11H2,1-4H3,(H,20,21). The molecule has 0 aliphatic carbocycles. The van der Waals surface area contributed by atoms with Gasteiger partial charge in [-0.1, -0.05) is 18.2 Å². The molecule has 1 aromatic heterocycles. The van der Waals surface area contributed by atoms with Gasteiger partial charge in [-0.25, -0.2) is 4.79 Å². The summed E-state index contributed by atoms with van der Waals surface area (Å²) in [4.78, 5) is 21.4. The first-order valence-corrected chi connectivity index (χ1v) is 9.56. The second-order valence-corrected chi connectivity index (χ2v) is 7.48. The van der Waals surface area contributed by atoms with Gasteiger partial charge < -0.3 is 18.9 Å². The summed E-state index contributed by atoms with van der Waals surface area (Å²) in [6, 6.07) is 11.0. The fourth-order valence-corrected chi connectivity index (χ4v) is 3.93. The first-order chi connectivity index (χ1) is 12.9. The molecule has 1 unspecified atom stereocenters. The van der Waals surface area contributed by atoms with Gasteiger partial charge in [0, 0.05) is 42.6 Å². The molecule has 27 heavy (non-hydrogen) atoms. The highest BCUT2D eigenvalue weighted by Gasteiger charge is 2.22. The molecule has 0 spiro atoms. The second kappa shape index (κ2) is 7.89. The number of methoxy groups -OCH3 is 2. The quantitative estimate of drug-likeness (QED) is 0.517. The second-order valence-electron chi connectivity index (χ2n) is 6.12. The molecule has 1 N–H and O–H groups in total. The number of H-pyrrole nitrogens is 1. The van der Waals surface area contributed by atoms with Crippen molar-refractivity contribution in [1.29, 1.82) is 0 Å². The summed E-state index contributed by atoms with van der Waals surface area (Å²) < 4.78 is 22.9. The zero-order valence-corrected chi connectivity index (χ0v) is 16.4. The Balaban J connectivity index is 1.94. The van der Waals surface area contributed by atoms with Crippen LogP contribution in [0.3, 0.4) is 0 Å². The molecule has 142 valence electrons. The maximum Gasteiger partial charge on any atom is 0.341 e. The van der Waals surface area contributed by atoms with Crippen LogP contribution >= 0.6 is 0 Å². The Morgan fingerprint density at radius 1 is 1.26 bits per heavy atom. The average molecular weight is 387 g/mol. The third-order valence-electron chi connectivity index (χ3n) is 4.16. The normalized spacial score (nSPS) is 12.0.